The van der Waals surface area contributed by atoms with E-state index >= 15 is 0 Å². The van der Waals surface area contributed by atoms with Gasteiger partial charge in [-0.15, -0.1) is 0 Å². The fourth-order valence-corrected chi connectivity index (χ4v) is 3.41. The summed E-state index contributed by atoms with van der Waals surface area (Å²) in [5, 5.41) is 4.22. The Bertz CT molecular complexity index is 614. The molecule has 1 saturated carbocycles. The lowest BCUT2D eigenvalue weighted by Crippen LogP contribution is -2.18. The van der Waals surface area contributed by atoms with Crippen LogP contribution in [0.3, 0.4) is 0 Å². The summed E-state index contributed by atoms with van der Waals surface area (Å²) >= 11 is 6.43. The smallest absolute Gasteiger partial charge is 0.0589 e. The first-order chi connectivity index (χ1) is 10.2. The molecule has 0 aromatic heterocycles. The third kappa shape index (κ3) is 3.00. The van der Waals surface area contributed by atoms with Crippen molar-refractivity contribution in [2.45, 2.75) is 38.1 Å². The van der Waals surface area contributed by atoms with E-state index in [9.17, 15) is 0 Å². The molecule has 1 aliphatic rings. The Balaban J connectivity index is 1.88. The largest absolute Gasteiger partial charge is 0.309 e. The number of aryl methyl sites for hydroxylation is 1. The molecule has 0 heterocycles. The van der Waals surface area contributed by atoms with Crippen LogP contribution in [-0.2, 0) is 0 Å². The summed E-state index contributed by atoms with van der Waals surface area (Å²) in [6.07, 6.45) is 4.07. The highest BCUT2D eigenvalue weighted by Gasteiger charge is 2.20. The van der Waals surface area contributed by atoms with Crippen LogP contribution in [0.4, 0.5) is 0 Å². The van der Waals surface area contributed by atoms with Gasteiger partial charge >= 0.3 is 0 Å². The van der Waals surface area contributed by atoms with Gasteiger partial charge in [-0.2, -0.15) is 0 Å². The van der Waals surface area contributed by atoms with Crippen molar-refractivity contribution in [3.05, 3.63) is 69.7 Å². The molecular weight excluding hydrogens is 278 g/mol. The molecular formula is C19H22ClN. The minimum Gasteiger partial charge on any atom is -0.309 e. The van der Waals surface area contributed by atoms with E-state index in [0.29, 0.717) is 0 Å². The first kappa shape index (κ1) is 14.6. The molecule has 0 aliphatic heterocycles. The third-order valence-corrected chi connectivity index (χ3v) is 4.93. The lowest BCUT2D eigenvalue weighted by atomic mass is 9.79. The van der Waals surface area contributed by atoms with E-state index in [4.69, 9.17) is 11.6 Å². The number of halogens is 1. The standard InChI is InChI=1S/C19H22ClN/c1-13-6-11-17(18(20)12-13)19(21-2)16-9-7-15(8-10-16)14-4-3-5-14/h6-12,14,19,21H,3-5H2,1-2H3. The number of nitrogens with one attached hydrogen (secondary N) is 1. The summed E-state index contributed by atoms with van der Waals surface area (Å²) < 4.78 is 0. The van der Waals surface area contributed by atoms with Crippen LogP contribution in [0, 0.1) is 6.92 Å². The Hall–Kier alpha value is -1.31. The first-order valence-electron chi connectivity index (χ1n) is 7.72. The van der Waals surface area contributed by atoms with Crippen LogP contribution in [0.2, 0.25) is 5.02 Å². The molecule has 2 heteroatoms. The van der Waals surface area contributed by atoms with Crippen LogP contribution >= 0.6 is 11.6 Å². The molecule has 0 bridgehead atoms. The predicted molar refractivity (Wildman–Crippen MR) is 90.1 cm³/mol. The molecule has 21 heavy (non-hydrogen) atoms. The lowest BCUT2D eigenvalue weighted by Gasteiger charge is -2.26. The topological polar surface area (TPSA) is 12.0 Å². The fraction of sp³-hybridized carbons (Fsp3) is 0.368. The SMILES string of the molecule is CNC(c1ccc(C2CCC2)cc1)c1ccc(C)cc1Cl. The molecule has 0 spiro atoms. The molecule has 0 radical (unpaired) electrons. The normalized spacial score (nSPS) is 16.5. The van der Waals surface area contributed by atoms with Crippen molar-refractivity contribution in [2.24, 2.45) is 0 Å². The van der Waals surface area contributed by atoms with Gasteiger partial charge in [0, 0.05) is 5.02 Å². The van der Waals surface area contributed by atoms with Crippen molar-refractivity contribution in [3.63, 3.8) is 0 Å². The number of hydrogen-bond donors (Lipinski definition) is 1. The van der Waals surface area contributed by atoms with Gasteiger partial charge in [0.25, 0.3) is 0 Å². The van der Waals surface area contributed by atoms with Gasteiger partial charge in [0.2, 0.25) is 0 Å². The number of benzene rings is 2. The van der Waals surface area contributed by atoms with Gasteiger partial charge in [0.15, 0.2) is 0 Å². The van der Waals surface area contributed by atoms with Crippen LogP contribution in [0.25, 0.3) is 0 Å². The van der Waals surface area contributed by atoms with Crippen LogP contribution in [0.1, 0.15) is 53.5 Å². The molecule has 110 valence electrons. The molecule has 0 saturated heterocycles. The molecule has 2 aromatic rings. The van der Waals surface area contributed by atoms with E-state index in [0.717, 1.165) is 16.5 Å². The van der Waals surface area contributed by atoms with Gasteiger partial charge in [0.1, 0.15) is 0 Å². The highest BCUT2D eigenvalue weighted by atomic mass is 35.5. The molecule has 0 amide bonds. The monoisotopic (exact) mass is 299 g/mol. The van der Waals surface area contributed by atoms with Crippen molar-refractivity contribution in [2.75, 3.05) is 7.05 Å². The number of hydrogen-bond acceptors (Lipinski definition) is 1. The Morgan fingerprint density at radius 3 is 2.33 bits per heavy atom. The van der Waals surface area contributed by atoms with Gasteiger partial charge in [-0.3, -0.25) is 0 Å². The van der Waals surface area contributed by atoms with Crippen LogP contribution in [-0.4, -0.2) is 7.05 Å². The summed E-state index contributed by atoms with van der Waals surface area (Å²) in [4.78, 5) is 0. The summed E-state index contributed by atoms with van der Waals surface area (Å²) in [5.74, 6) is 0.787. The first-order valence-corrected chi connectivity index (χ1v) is 8.10. The van der Waals surface area contributed by atoms with Crippen LogP contribution in [0.15, 0.2) is 42.5 Å². The van der Waals surface area contributed by atoms with Crippen molar-refractivity contribution in [3.8, 4) is 0 Å². The Labute approximate surface area is 132 Å². The molecule has 1 aliphatic carbocycles. The summed E-state index contributed by atoms with van der Waals surface area (Å²) in [6.45, 7) is 2.07. The number of rotatable bonds is 4. The zero-order valence-electron chi connectivity index (χ0n) is 12.7. The van der Waals surface area contributed by atoms with Crippen LogP contribution < -0.4 is 5.32 Å². The van der Waals surface area contributed by atoms with E-state index in [1.807, 2.05) is 13.1 Å². The molecule has 3 rings (SSSR count). The van der Waals surface area contributed by atoms with Crippen molar-refractivity contribution in [1.29, 1.82) is 0 Å². The Morgan fingerprint density at radius 1 is 1.10 bits per heavy atom. The maximum Gasteiger partial charge on any atom is 0.0589 e. The average molecular weight is 300 g/mol. The van der Waals surface area contributed by atoms with Gasteiger partial charge in [0.05, 0.1) is 6.04 Å². The van der Waals surface area contributed by atoms with Crippen molar-refractivity contribution >= 4 is 11.6 Å². The molecule has 1 fully saturated rings. The second-order valence-electron chi connectivity index (χ2n) is 6.04. The fourth-order valence-electron chi connectivity index (χ4n) is 3.07. The van der Waals surface area contributed by atoms with E-state index in [2.05, 4.69) is 48.6 Å². The maximum atomic E-state index is 6.43. The summed E-state index contributed by atoms with van der Waals surface area (Å²) in [7, 11) is 1.99. The van der Waals surface area contributed by atoms with E-state index in [-0.39, 0.29) is 6.04 Å². The van der Waals surface area contributed by atoms with Gasteiger partial charge in [-0.05, 0) is 61.1 Å². The van der Waals surface area contributed by atoms with Crippen molar-refractivity contribution < 1.29 is 0 Å². The molecule has 1 N–H and O–H groups in total. The van der Waals surface area contributed by atoms with E-state index in [1.54, 1.807) is 0 Å². The third-order valence-electron chi connectivity index (χ3n) is 4.60. The minimum absolute atomic E-state index is 0.147. The lowest BCUT2D eigenvalue weighted by molar-refractivity contribution is 0.419. The molecule has 1 unspecified atom stereocenters. The van der Waals surface area contributed by atoms with Gasteiger partial charge in [-0.25, -0.2) is 0 Å². The van der Waals surface area contributed by atoms with Gasteiger partial charge < -0.3 is 5.32 Å². The highest BCUT2D eigenvalue weighted by Crippen LogP contribution is 2.37. The molecule has 1 nitrogen and oxygen atoms in total. The second kappa shape index (κ2) is 6.21. The zero-order valence-corrected chi connectivity index (χ0v) is 13.5. The van der Waals surface area contributed by atoms with E-state index in [1.165, 1.54) is 36.0 Å². The summed E-state index contributed by atoms with van der Waals surface area (Å²) in [5.41, 5.74) is 5.08. The predicted octanol–water partition coefficient (Wildman–Crippen LogP) is 5.22. The van der Waals surface area contributed by atoms with Crippen LogP contribution in [0.5, 0.6) is 0 Å². The zero-order chi connectivity index (χ0) is 14.8. The Morgan fingerprint density at radius 2 is 1.81 bits per heavy atom. The minimum atomic E-state index is 0.147. The molecule has 2 aromatic carbocycles. The van der Waals surface area contributed by atoms with Gasteiger partial charge in [-0.1, -0.05) is 54.4 Å². The quantitative estimate of drug-likeness (QED) is 0.815. The highest BCUT2D eigenvalue weighted by molar-refractivity contribution is 6.31. The maximum absolute atomic E-state index is 6.43. The average Bonchev–Trinajstić information content (AvgIpc) is 2.42. The molecule has 1 atom stereocenters. The Kier molecular flexibility index (Phi) is 4.32. The van der Waals surface area contributed by atoms with Crippen molar-refractivity contribution in [1.82, 2.24) is 5.32 Å². The van der Waals surface area contributed by atoms with E-state index < -0.39 is 0 Å². The summed E-state index contributed by atoms with van der Waals surface area (Å²) in [6, 6.07) is 15.5. The second-order valence-corrected chi connectivity index (χ2v) is 6.45.